The van der Waals surface area contributed by atoms with Crippen LogP contribution in [0.15, 0.2) is 48.4 Å². The number of aliphatic hydroxyl groups excluding tert-OH is 1. The number of nitrogens with zero attached hydrogens (tertiary/aromatic N) is 5. The quantitative estimate of drug-likeness (QED) is 0.625. The van der Waals surface area contributed by atoms with Crippen molar-refractivity contribution in [1.82, 2.24) is 24.7 Å². The molecule has 0 bridgehead atoms. The lowest BCUT2D eigenvalue weighted by atomic mass is 9.70. The van der Waals surface area contributed by atoms with Gasteiger partial charge in [0.25, 0.3) is 5.91 Å². The molecule has 0 saturated carbocycles. The highest BCUT2D eigenvalue weighted by atomic mass is 16.3. The Bertz CT molecular complexity index is 1200. The van der Waals surface area contributed by atoms with Gasteiger partial charge in [0.05, 0.1) is 29.0 Å². The zero-order valence-corrected chi connectivity index (χ0v) is 22.3. The maximum absolute atomic E-state index is 13.2. The molecule has 3 aliphatic rings. The maximum atomic E-state index is 13.2. The minimum absolute atomic E-state index is 0.0152. The second kappa shape index (κ2) is 9.65. The zero-order valence-electron chi connectivity index (χ0n) is 22.3. The number of amides is 2. The van der Waals surface area contributed by atoms with Gasteiger partial charge < -0.3 is 14.9 Å². The summed E-state index contributed by atoms with van der Waals surface area (Å²) in [5.74, 6) is 0.352. The van der Waals surface area contributed by atoms with Crippen LogP contribution in [0, 0.1) is 25.2 Å². The SMILES string of the molecule is Cc1ncnc(C)c1C(=O)N1C=C2CN(CCC3(c4ccccc4)CN(C(=O)C(C)(C)CO)C3)CC2C1. The second-order valence-electron chi connectivity index (χ2n) is 11.6. The molecule has 1 aromatic heterocycles. The number of aromatic nitrogens is 2. The van der Waals surface area contributed by atoms with E-state index in [0.29, 0.717) is 31.1 Å². The smallest absolute Gasteiger partial charge is 0.261 e. The van der Waals surface area contributed by atoms with Gasteiger partial charge in [0, 0.05) is 50.3 Å². The average molecular weight is 504 g/mol. The summed E-state index contributed by atoms with van der Waals surface area (Å²) in [6, 6.07) is 10.5. The first-order chi connectivity index (χ1) is 17.6. The fourth-order valence-electron chi connectivity index (χ4n) is 6.02. The van der Waals surface area contributed by atoms with Crippen molar-refractivity contribution in [2.45, 2.75) is 39.5 Å². The van der Waals surface area contributed by atoms with Gasteiger partial charge in [0.15, 0.2) is 0 Å². The van der Waals surface area contributed by atoms with E-state index in [1.807, 2.05) is 35.9 Å². The molecule has 3 aliphatic heterocycles. The number of rotatable bonds is 7. The normalized spacial score (nSPS) is 21.0. The fourth-order valence-corrected chi connectivity index (χ4v) is 6.02. The van der Waals surface area contributed by atoms with E-state index in [0.717, 1.165) is 37.4 Å². The van der Waals surface area contributed by atoms with Crippen molar-refractivity contribution in [3.8, 4) is 0 Å². The van der Waals surface area contributed by atoms with Crippen LogP contribution in [-0.4, -0.2) is 87.5 Å². The third-order valence-electron chi connectivity index (χ3n) is 8.39. The number of carbonyl (C=O) groups excluding carboxylic acids is 2. The van der Waals surface area contributed by atoms with Crippen LogP contribution in [0.4, 0.5) is 0 Å². The first kappa shape index (κ1) is 25.5. The summed E-state index contributed by atoms with van der Waals surface area (Å²) >= 11 is 0. The Balaban J connectivity index is 1.23. The predicted molar refractivity (Wildman–Crippen MR) is 141 cm³/mol. The van der Waals surface area contributed by atoms with Crippen LogP contribution >= 0.6 is 0 Å². The fraction of sp³-hybridized carbons (Fsp3) is 0.517. The van der Waals surface area contributed by atoms with Crippen molar-refractivity contribution in [2.24, 2.45) is 11.3 Å². The molecule has 2 saturated heterocycles. The molecule has 0 radical (unpaired) electrons. The van der Waals surface area contributed by atoms with Crippen LogP contribution in [0.1, 0.15) is 47.6 Å². The van der Waals surface area contributed by atoms with Crippen molar-refractivity contribution in [3.05, 3.63) is 70.9 Å². The molecule has 1 N–H and O–H groups in total. The monoisotopic (exact) mass is 503 g/mol. The third kappa shape index (κ3) is 4.68. The number of fused-ring (bicyclic) bond motifs is 1. The van der Waals surface area contributed by atoms with Gasteiger partial charge >= 0.3 is 0 Å². The molecule has 2 fully saturated rings. The molecule has 196 valence electrons. The molecule has 8 nitrogen and oxygen atoms in total. The molecule has 1 aromatic carbocycles. The highest BCUT2D eigenvalue weighted by Crippen LogP contribution is 2.41. The first-order valence-corrected chi connectivity index (χ1v) is 13.1. The summed E-state index contributed by atoms with van der Waals surface area (Å²) in [5, 5.41) is 9.66. The molecule has 0 aliphatic carbocycles. The van der Waals surface area contributed by atoms with E-state index in [1.54, 1.807) is 13.8 Å². The highest BCUT2D eigenvalue weighted by Gasteiger charge is 2.49. The number of hydrogen-bond acceptors (Lipinski definition) is 6. The van der Waals surface area contributed by atoms with Crippen molar-refractivity contribution in [3.63, 3.8) is 0 Å². The second-order valence-corrected chi connectivity index (χ2v) is 11.6. The number of aryl methyl sites for hydroxylation is 2. The van der Waals surface area contributed by atoms with Gasteiger partial charge in [-0.1, -0.05) is 30.3 Å². The Labute approximate surface area is 219 Å². The summed E-state index contributed by atoms with van der Waals surface area (Å²) in [4.78, 5) is 40.7. The Hall–Kier alpha value is -3.10. The van der Waals surface area contributed by atoms with Gasteiger partial charge in [-0.2, -0.15) is 0 Å². The van der Waals surface area contributed by atoms with Crippen molar-refractivity contribution in [2.75, 3.05) is 45.9 Å². The maximum Gasteiger partial charge on any atom is 0.261 e. The molecule has 37 heavy (non-hydrogen) atoms. The standard InChI is InChI=1S/C29H37N5O3/c1-20-25(21(2)31-19-30-20)26(36)33-14-22-12-32(13-23(22)15-33)11-10-29(24-8-6-5-7-9-24)16-34(17-29)27(37)28(3,4)18-35/h5-9,14,19,23,35H,10-13,15-18H2,1-4H3. The largest absolute Gasteiger partial charge is 0.395 e. The van der Waals surface area contributed by atoms with E-state index in [2.05, 4.69) is 39.1 Å². The topological polar surface area (TPSA) is 89.9 Å². The van der Waals surface area contributed by atoms with Crippen molar-refractivity contribution >= 4 is 11.8 Å². The van der Waals surface area contributed by atoms with Crippen molar-refractivity contribution in [1.29, 1.82) is 0 Å². The van der Waals surface area contributed by atoms with Crippen LogP contribution in [0.25, 0.3) is 0 Å². The Morgan fingerprint density at radius 2 is 1.76 bits per heavy atom. The van der Waals surface area contributed by atoms with Gasteiger partial charge in [-0.25, -0.2) is 9.97 Å². The summed E-state index contributed by atoms with van der Waals surface area (Å²) in [6.45, 7) is 12.0. The molecule has 0 spiro atoms. The minimum Gasteiger partial charge on any atom is -0.395 e. The molecule has 5 rings (SSSR count). The predicted octanol–water partition coefficient (Wildman–Crippen LogP) is 2.55. The number of hydrogen-bond donors (Lipinski definition) is 1. The zero-order chi connectivity index (χ0) is 26.4. The van der Waals surface area contributed by atoms with Crippen molar-refractivity contribution < 1.29 is 14.7 Å². The van der Waals surface area contributed by atoms with E-state index >= 15 is 0 Å². The van der Waals surface area contributed by atoms with Gasteiger partial charge in [0.1, 0.15) is 6.33 Å². The molecular formula is C29H37N5O3. The Morgan fingerprint density at radius 1 is 1.08 bits per heavy atom. The number of benzene rings is 1. The van der Waals surface area contributed by atoms with Crippen LogP contribution in [0.3, 0.4) is 0 Å². The summed E-state index contributed by atoms with van der Waals surface area (Å²) in [7, 11) is 0. The molecule has 4 heterocycles. The molecule has 1 atom stereocenters. The molecule has 2 aromatic rings. The van der Waals surface area contributed by atoms with E-state index in [9.17, 15) is 14.7 Å². The van der Waals surface area contributed by atoms with Crippen LogP contribution in [-0.2, 0) is 10.2 Å². The van der Waals surface area contributed by atoms with Gasteiger partial charge in [-0.3, -0.25) is 14.5 Å². The highest BCUT2D eigenvalue weighted by molar-refractivity contribution is 5.97. The van der Waals surface area contributed by atoms with Gasteiger partial charge in [0.2, 0.25) is 5.91 Å². The summed E-state index contributed by atoms with van der Waals surface area (Å²) in [6.07, 6.45) is 4.50. The van der Waals surface area contributed by atoms with E-state index < -0.39 is 5.41 Å². The molecule has 2 amide bonds. The number of aliphatic hydroxyl groups is 1. The molecule has 1 unspecified atom stereocenters. The van der Waals surface area contributed by atoms with Gasteiger partial charge in [-0.15, -0.1) is 0 Å². The number of likely N-dealkylation sites (tertiary alicyclic amines) is 2. The lowest BCUT2D eigenvalue weighted by Gasteiger charge is -2.53. The van der Waals surface area contributed by atoms with E-state index in [-0.39, 0.29) is 23.8 Å². The third-order valence-corrected chi connectivity index (χ3v) is 8.39. The van der Waals surface area contributed by atoms with E-state index in [1.165, 1.54) is 17.5 Å². The summed E-state index contributed by atoms with van der Waals surface area (Å²) < 4.78 is 0. The summed E-state index contributed by atoms with van der Waals surface area (Å²) in [5.41, 5.74) is 3.80. The van der Waals surface area contributed by atoms with Crippen LogP contribution < -0.4 is 0 Å². The average Bonchev–Trinajstić information content (AvgIpc) is 3.43. The Morgan fingerprint density at radius 3 is 2.38 bits per heavy atom. The lowest BCUT2D eigenvalue weighted by Crippen LogP contribution is -2.64. The lowest BCUT2D eigenvalue weighted by molar-refractivity contribution is -0.151. The van der Waals surface area contributed by atoms with Crippen LogP contribution in [0.5, 0.6) is 0 Å². The van der Waals surface area contributed by atoms with Crippen LogP contribution in [0.2, 0.25) is 0 Å². The number of carbonyl (C=O) groups is 2. The minimum atomic E-state index is -0.756. The van der Waals surface area contributed by atoms with E-state index in [4.69, 9.17) is 0 Å². The Kier molecular flexibility index (Phi) is 6.66. The molecular weight excluding hydrogens is 466 g/mol. The first-order valence-electron chi connectivity index (χ1n) is 13.1. The molecule has 8 heteroatoms. The van der Waals surface area contributed by atoms with Gasteiger partial charge in [-0.05, 0) is 51.8 Å².